The Labute approximate surface area is 107 Å². The Balaban J connectivity index is 1.60. The van der Waals surface area contributed by atoms with E-state index in [4.69, 9.17) is 0 Å². The van der Waals surface area contributed by atoms with Gasteiger partial charge in [0.2, 0.25) is 5.91 Å². The smallest absolute Gasteiger partial charge is 0.228 e. The standard InChI is InChI=1S/C14H19N3O/c18-14-7-11-6-12(3-4-13(11)17-14)16-9-10-2-1-5-15-8-10/h3-4,6,10,15-16H,1-2,5,7-9H2,(H,17,18). The van der Waals surface area contributed by atoms with E-state index in [2.05, 4.69) is 22.0 Å². The summed E-state index contributed by atoms with van der Waals surface area (Å²) in [4.78, 5) is 11.3. The third kappa shape index (κ3) is 2.48. The van der Waals surface area contributed by atoms with Gasteiger partial charge < -0.3 is 16.0 Å². The second-order valence-electron chi connectivity index (χ2n) is 5.19. The molecule has 0 aromatic heterocycles. The van der Waals surface area contributed by atoms with Gasteiger partial charge in [-0.1, -0.05) is 0 Å². The van der Waals surface area contributed by atoms with Crippen LogP contribution in [0, 0.1) is 5.92 Å². The number of carbonyl (C=O) groups excluding carboxylic acids is 1. The zero-order valence-electron chi connectivity index (χ0n) is 10.5. The molecule has 0 saturated carbocycles. The third-order valence-corrected chi connectivity index (χ3v) is 3.72. The SMILES string of the molecule is O=C1Cc2cc(NCC3CCCNC3)ccc2N1. The third-order valence-electron chi connectivity index (χ3n) is 3.72. The lowest BCUT2D eigenvalue weighted by molar-refractivity contribution is -0.115. The van der Waals surface area contributed by atoms with Gasteiger partial charge in [-0.3, -0.25) is 4.79 Å². The molecule has 1 atom stereocenters. The van der Waals surface area contributed by atoms with Crippen LogP contribution >= 0.6 is 0 Å². The van der Waals surface area contributed by atoms with Crippen LogP contribution in [0.15, 0.2) is 18.2 Å². The van der Waals surface area contributed by atoms with Crippen LogP contribution in [0.25, 0.3) is 0 Å². The van der Waals surface area contributed by atoms with Crippen LogP contribution in [0.2, 0.25) is 0 Å². The molecule has 1 aromatic rings. The van der Waals surface area contributed by atoms with Crippen LogP contribution < -0.4 is 16.0 Å². The number of piperidine rings is 1. The summed E-state index contributed by atoms with van der Waals surface area (Å²) < 4.78 is 0. The summed E-state index contributed by atoms with van der Waals surface area (Å²) in [5.41, 5.74) is 3.19. The van der Waals surface area contributed by atoms with Gasteiger partial charge in [-0.2, -0.15) is 0 Å². The molecule has 4 heteroatoms. The van der Waals surface area contributed by atoms with E-state index in [1.165, 1.54) is 12.8 Å². The van der Waals surface area contributed by atoms with E-state index < -0.39 is 0 Å². The average Bonchev–Trinajstić information content (AvgIpc) is 2.77. The number of amides is 1. The monoisotopic (exact) mass is 245 g/mol. The lowest BCUT2D eigenvalue weighted by atomic mass is 9.99. The maximum absolute atomic E-state index is 11.3. The molecule has 2 heterocycles. The van der Waals surface area contributed by atoms with Crippen molar-refractivity contribution in [2.24, 2.45) is 5.92 Å². The summed E-state index contributed by atoms with van der Waals surface area (Å²) in [6.07, 6.45) is 3.08. The highest BCUT2D eigenvalue weighted by Crippen LogP contribution is 2.26. The number of anilines is 2. The minimum absolute atomic E-state index is 0.0960. The molecule has 1 amide bonds. The van der Waals surface area contributed by atoms with E-state index in [0.717, 1.165) is 36.6 Å². The fraction of sp³-hybridized carbons (Fsp3) is 0.500. The Bertz CT molecular complexity index is 452. The molecule has 2 aliphatic rings. The number of nitrogens with one attached hydrogen (secondary N) is 3. The van der Waals surface area contributed by atoms with Gasteiger partial charge in [-0.05, 0) is 55.6 Å². The summed E-state index contributed by atoms with van der Waals surface area (Å²) in [5, 5.41) is 9.76. The van der Waals surface area contributed by atoms with Crippen LogP contribution in [-0.4, -0.2) is 25.5 Å². The maximum Gasteiger partial charge on any atom is 0.228 e. The normalized spacial score (nSPS) is 22.4. The highest BCUT2D eigenvalue weighted by Gasteiger charge is 2.18. The van der Waals surface area contributed by atoms with Crippen LogP contribution in [0.1, 0.15) is 18.4 Å². The van der Waals surface area contributed by atoms with E-state index >= 15 is 0 Å². The van der Waals surface area contributed by atoms with Crippen molar-refractivity contribution in [3.63, 3.8) is 0 Å². The van der Waals surface area contributed by atoms with E-state index in [9.17, 15) is 4.79 Å². The van der Waals surface area contributed by atoms with Gasteiger partial charge in [-0.15, -0.1) is 0 Å². The second-order valence-corrected chi connectivity index (χ2v) is 5.19. The molecule has 1 saturated heterocycles. The van der Waals surface area contributed by atoms with Crippen LogP contribution in [0.4, 0.5) is 11.4 Å². The van der Waals surface area contributed by atoms with E-state index in [1.807, 2.05) is 12.1 Å². The largest absolute Gasteiger partial charge is 0.385 e. The number of carbonyl (C=O) groups is 1. The topological polar surface area (TPSA) is 53.2 Å². The lowest BCUT2D eigenvalue weighted by Gasteiger charge is -2.23. The molecule has 3 rings (SSSR count). The quantitative estimate of drug-likeness (QED) is 0.758. The maximum atomic E-state index is 11.3. The summed E-state index contributed by atoms with van der Waals surface area (Å²) in [6, 6.07) is 6.12. The minimum atomic E-state index is 0.0960. The first-order chi connectivity index (χ1) is 8.81. The molecule has 1 unspecified atom stereocenters. The Morgan fingerprint density at radius 2 is 2.33 bits per heavy atom. The fourth-order valence-corrected chi connectivity index (χ4v) is 2.70. The van der Waals surface area contributed by atoms with Crippen molar-refractivity contribution >= 4 is 17.3 Å². The highest BCUT2D eigenvalue weighted by molar-refractivity contribution is 5.99. The molecule has 0 bridgehead atoms. The minimum Gasteiger partial charge on any atom is -0.385 e. The molecule has 4 nitrogen and oxygen atoms in total. The van der Waals surface area contributed by atoms with Crippen molar-refractivity contribution < 1.29 is 4.79 Å². The molecular formula is C14H19N3O. The predicted octanol–water partition coefficient (Wildman–Crippen LogP) is 1.59. The van der Waals surface area contributed by atoms with Gasteiger partial charge >= 0.3 is 0 Å². The van der Waals surface area contributed by atoms with Crippen LogP contribution in [0.3, 0.4) is 0 Å². The van der Waals surface area contributed by atoms with Crippen LogP contribution in [0.5, 0.6) is 0 Å². The molecule has 18 heavy (non-hydrogen) atoms. The number of rotatable bonds is 3. The van der Waals surface area contributed by atoms with E-state index in [-0.39, 0.29) is 5.91 Å². The fourth-order valence-electron chi connectivity index (χ4n) is 2.70. The van der Waals surface area contributed by atoms with Crippen molar-refractivity contribution in [1.82, 2.24) is 5.32 Å². The van der Waals surface area contributed by atoms with Gasteiger partial charge in [0.05, 0.1) is 6.42 Å². The molecule has 1 aromatic carbocycles. The van der Waals surface area contributed by atoms with Crippen molar-refractivity contribution in [2.75, 3.05) is 30.3 Å². The number of hydrogen-bond acceptors (Lipinski definition) is 3. The van der Waals surface area contributed by atoms with Crippen molar-refractivity contribution in [2.45, 2.75) is 19.3 Å². The van der Waals surface area contributed by atoms with Crippen molar-refractivity contribution in [3.8, 4) is 0 Å². The highest BCUT2D eigenvalue weighted by atomic mass is 16.1. The molecule has 1 fully saturated rings. The molecule has 0 spiro atoms. The van der Waals surface area contributed by atoms with Crippen LogP contribution in [-0.2, 0) is 11.2 Å². The first kappa shape index (κ1) is 11.5. The van der Waals surface area contributed by atoms with Gasteiger partial charge in [0.15, 0.2) is 0 Å². The Morgan fingerprint density at radius 3 is 3.17 bits per heavy atom. The molecule has 96 valence electrons. The van der Waals surface area contributed by atoms with Gasteiger partial charge in [0, 0.05) is 17.9 Å². The Morgan fingerprint density at radius 1 is 1.39 bits per heavy atom. The zero-order valence-corrected chi connectivity index (χ0v) is 10.5. The van der Waals surface area contributed by atoms with Crippen molar-refractivity contribution in [1.29, 1.82) is 0 Å². The average molecular weight is 245 g/mol. The summed E-state index contributed by atoms with van der Waals surface area (Å²) in [5.74, 6) is 0.811. The Kier molecular flexibility index (Phi) is 3.19. The second kappa shape index (κ2) is 4.98. The van der Waals surface area contributed by atoms with Gasteiger partial charge in [0.25, 0.3) is 0 Å². The zero-order chi connectivity index (χ0) is 12.4. The van der Waals surface area contributed by atoms with Gasteiger partial charge in [0.1, 0.15) is 0 Å². The van der Waals surface area contributed by atoms with E-state index in [1.54, 1.807) is 0 Å². The molecule has 2 aliphatic heterocycles. The summed E-state index contributed by atoms with van der Waals surface area (Å²) >= 11 is 0. The first-order valence-electron chi connectivity index (χ1n) is 6.68. The van der Waals surface area contributed by atoms with Crippen molar-refractivity contribution in [3.05, 3.63) is 23.8 Å². The lowest BCUT2D eigenvalue weighted by Crippen LogP contribution is -2.33. The number of hydrogen-bond donors (Lipinski definition) is 3. The Hall–Kier alpha value is -1.55. The number of benzene rings is 1. The summed E-state index contributed by atoms with van der Waals surface area (Å²) in [6.45, 7) is 3.27. The molecule has 3 N–H and O–H groups in total. The van der Waals surface area contributed by atoms with Gasteiger partial charge in [-0.25, -0.2) is 0 Å². The predicted molar refractivity (Wildman–Crippen MR) is 72.9 cm³/mol. The molecule has 0 radical (unpaired) electrons. The van der Waals surface area contributed by atoms with E-state index in [0.29, 0.717) is 12.3 Å². The molecule has 0 aliphatic carbocycles. The number of fused-ring (bicyclic) bond motifs is 1. The summed E-state index contributed by atoms with van der Waals surface area (Å²) in [7, 11) is 0. The molecular weight excluding hydrogens is 226 g/mol. The first-order valence-corrected chi connectivity index (χ1v) is 6.68.